The Morgan fingerprint density at radius 1 is 0.397 bits per heavy atom. The van der Waals surface area contributed by atoms with E-state index in [1.807, 2.05) is 0 Å². The van der Waals surface area contributed by atoms with Gasteiger partial charge < -0.3 is 47.4 Å². The maximum absolute atomic E-state index is 13.4. The van der Waals surface area contributed by atoms with Crippen LogP contribution in [0, 0.1) is 0 Å². The maximum atomic E-state index is 13.4. The summed E-state index contributed by atoms with van der Waals surface area (Å²) in [6.07, 6.45) is 0. The summed E-state index contributed by atoms with van der Waals surface area (Å²) in [5, 5.41) is 0.00297. The Hall–Kier alpha value is -8.60. The smallest absolute Gasteiger partial charge is 0.343 e. The fourth-order valence-electron chi connectivity index (χ4n) is 6.75. The molecule has 0 saturated heterocycles. The van der Waals surface area contributed by atoms with Crippen molar-refractivity contribution in [3.05, 3.63) is 164 Å². The molecule has 0 saturated carbocycles. The van der Waals surface area contributed by atoms with Gasteiger partial charge in [0.1, 0.15) is 55.1 Å². The van der Waals surface area contributed by atoms with Gasteiger partial charge in [-0.05, 0) is 97.1 Å². The van der Waals surface area contributed by atoms with Crippen LogP contribution in [0.15, 0.2) is 131 Å². The van der Waals surface area contributed by atoms with Crippen LogP contribution in [0.1, 0.15) is 41.4 Å². The lowest BCUT2D eigenvalue weighted by Gasteiger charge is -2.22. The topological polar surface area (TPSA) is 185 Å². The normalized spacial score (nSPS) is 11.5. The third-order valence-electron chi connectivity index (χ3n) is 10.3. The molecule has 0 aromatic heterocycles. The number of esters is 4. The van der Waals surface area contributed by atoms with Gasteiger partial charge in [0.25, 0.3) is 0 Å². The minimum Gasteiger partial charge on any atom is -0.497 e. The first-order valence-electron chi connectivity index (χ1n) is 20.1. The van der Waals surface area contributed by atoms with Crippen LogP contribution in [-0.4, -0.2) is 52.3 Å². The molecule has 0 aliphatic carbocycles. The summed E-state index contributed by atoms with van der Waals surface area (Å²) in [4.78, 5) is 62.2. The number of ether oxygens (including phenoxy) is 10. The molecular weight excluding hydrogens is 923 g/mol. The van der Waals surface area contributed by atoms with Gasteiger partial charge in [-0.25, -0.2) is 29.2 Å². The van der Waals surface area contributed by atoms with Crippen molar-refractivity contribution in [1.82, 2.24) is 0 Å². The molecule has 0 atom stereocenters. The number of hydrogen-bond donors (Lipinski definition) is 0. The Kier molecular flexibility index (Phi) is 12.3. The Labute approximate surface area is 395 Å². The van der Waals surface area contributed by atoms with Gasteiger partial charge in [-0.3, -0.25) is 0 Å². The molecule has 340 valence electrons. The second-order valence-corrected chi connectivity index (χ2v) is 15.2. The number of rotatable bonds is 12. The molecule has 0 spiro atoms. The number of hydrogen-bond acceptors (Lipinski definition) is 16. The molecule has 0 bridgehead atoms. The van der Waals surface area contributed by atoms with Gasteiger partial charge in [-0.2, -0.15) is 0 Å². The monoisotopic (exact) mass is 954 g/mol. The lowest BCUT2D eigenvalue weighted by molar-refractivity contribution is 0.0682. The molecule has 7 aromatic rings. The van der Waals surface area contributed by atoms with Crippen molar-refractivity contribution in [2.75, 3.05) is 28.4 Å². The Morgan fingerprint density at radius 3 is 1.06 bits per heavy atom. The lowest BCUT2D eigenvalue weighted by atomic mass is 10.1. The first-order chi connectivity index (χ1) is 32.9. The fraction of sp³-hybridized carbons (Fsp3) is 0.0800. The summed E-state index contributed by atoms with van der Waals surface area (Å²) in [6.45, 7) is 0. The molecule has 9 rings (SSSR count). The van der Waals surface area contributed by atoms with Crippen LogP contribution in [0.2, 0.25) is 10.0 Å². The highest BCUT2D eigenvalue weighted by Crippen LogP contribution is 2.48. The van der Waals surface area contributed by atoms with E-state index in [0.717, 1.165) is 0 Å². The van der Waals surface area contributed by atoms with Crippen molar-refractivity contribution in [3.63, 3.8) is 0 Å². The first-order valence-corrected chi connectivity index (χ1v) is 20.8. The molecule has 0 unspecified atom stereocenters. The molecule has 2 aliphatic heterocycles. The lowest BCUT2D eigenvalue weighted by Crippen LogP contribution is -2.22. The van der Waals surface area contributed by atoms with E-state index in [2.05, 4.69) is 0 Å². The number of carbonyl (C=O) groups excluding carboxylic acids is 4. The quantitative estimate of drug-likeness (QED) is 0.0832. The van der Waals surface area contributed by atoms with Gasteiger partial charge in [0.15, 0.2) is 46.0 Å². The zero-order valence-corrected chi connectivity index (χ0v) is 37.4. The molecule has 0 amide bonds. The van der Waals surface area contributed by atoms with Crippen molar-refractivity contribution in [3.8, 4) is 69.0 Å². The largest absolute Gasteiger partial charge is 0.497 e. The Bertz CT molecular complexity index is 3310. The number of methoxy groups -OCH3 is 4. The first kappa shape index (κ1) is 44.6. The van der Waals surface area contributed by atoms with Crippen molar-refractivity contribution in [1.29, 1.82) is 0 Å². The summed E-state index contributed by atoms with van der Waals surface area (Å²) in [7, 11) is 5.88. The molecule has 2 aliphatic rings. The van der Waals surface area contributed by atoms with Crippen LogP contribution in [0.3, 0.4) is 0 Å². The number of nitrogens with zero attached hydrogens (tertiary/aromatic N) is 2. The zero-order valence-electron chi connectivity index (χ0n) is 35.9. The van der Waals surface area contributed by atoms with Crippen molar-refractivity contribution in [2.24, 2.45) is 9.98 Å². The van der Waals surface area contributed by atoms with E-state index >= 15 is 0 Å². The molecule has 0 radical (unpaired) electrons. The standard InChI is InChI=1S/C50H32Cl2N2O14/c1-59-29-13-5-25(6-14-29)47(55)63-32-19-11-28(12-20-32)48(56)66-38-21-33-35(23-37(38)62-4)64-45-41(51)44-46(42(52)43(45)53-33)65-36-24-40(68-50(58)27-9-17-31(61-3)18-10-27)39(22-34(36)54-44)67-49(57)26-7-15-30(60-2)16-8-26/h5-24H,1-4H3. The Morgan fingerprint density at radius 2 is 0.706 bits per heavy atom. The molecule has 7 aromatic carbocycles. The van der Waals surface area contributed by atoms with Gasteiger partial charge >= 0.3 is 23.9 Å². The maximum Gasteiger partial charge on any atom is 0.343 e. The van der Waals surface area contributed by atoms with Crippen LogP contribution in [-0.2, 0) is 0 Å². The third kappa shape index (κ3) is 8.88. The second-order valence-electron chi connectivity index (χ2n) is 14.4. The average molecular weight is 956 g/mol. The third-order valence-corrected chi connectivity index (χ3v) is 11.0. The summed E-state index contributed by atoms with van der Waals surface area (Å²) >= 11 is 14.0. The van der Waals surface area contributed by atoms with Crippen LogP contribution in [0.25, 0.3) is 0 Å². The SMILES string of the molecule is COc1ccc(C(=O)Oc2ccc(C(=O)Oc3cc4c(cc3OC)Oc3c(Cl)c5c(c(Cl)c3=N4)Oc3cc(OC(=O)c4ccc(OC)cc4)c(OC(=O)c4ccc(OC)cc4)cc3N=5)cc2)cc1. The molecule has 0 fully saturated rings. The van der Waals surface area contributed by atoms with Gasteiger partial charge in [-0.1, -0.05) is 23.2 Å². The van der Waals surface area contributed by atoms with Crippen molar-refractivity contribution >= 4 is 58.5 Å². The van der Waals surface area contributed by atoms with E-state index < -0.39 is 23.9 Å². The summed E-state index contributed by atoms with van der Waals surface area (Å²) in [5.74, 6) is -1.11. The summed E-state index contributed by atoms with van der Waals surface area (Å²) in [6, 6.07) is 30.1. The second kappa shape index (κ2) is 18.7. The number of halogens is 2. The highest BCUT2D eigenvalue weighted by Gasteiger charge is 2.30. The summed E-state index contributed by atoms with van der Waals surface area (Å²) in [5.41, 5.74) is 1.11. The molecule has 16 nitrogen and oxygen atoms in total. The highest BCUT2D eigenvalue weighted by molar-refractivity contribution is 6.35. The van der Waals surface area contributed by atoms with Gasteiger partial charge in [0, 0.05) is 24.3 Å². The van der Waals surface area contributed by atoms with Crippen LogP contribution in [0.4, 0.5) is 11.4 Å². The van der Waals surface area contributed by atoms with E-state index in [-0.39, 0.29) is 101 Å². The van der Waals surface area contributed by atoms with E-state index in [4.69, 9.17) is 80.6 Å². The summed E-state index contributed by atoms with van der Waals surface area (Å²) < 4.78 is 56.3. The average Bonchev–Trinajstić information content (AvgIpc) is 3.37. The fourth-order valence-corrected chi connectivity index (χ4v) is 7.26. The van der Waals surface area contributed by atoms with Gasteiger partial charge in [0.2, 0.25) is 0 Å². The molecule has 68 heavy (non-hydrogen) atoms. The van der Waals surface area contributed by atoms with E-state index in [1.165, 1.54) is 101 Å². The highest BCUT2D eigenvalue weighted by atomic mass is 35.5. The minimum atomic E-state index is -0.782. The Balaban J connectivity index is 1.01. The predicted octanol–water partition coefficient (Wildman–Crippen LogP) is 10.0. The van der Waals surface area contributed by atoms with Gasteiger partial charge in [0.05, 0.1) is 50.7 Å². The molecular formula is C50H32Cl2N2O14. The van der Waals surface area contributed by atoms with E-state index in [0.29, 0.717) is 22.8 Å². The van der Waals surface area contributed by atoms with E-state index in [1.54, 1.807) is 48.5 Å². The van der Waals surface area contributed by atoms with Gasteiger partial charge in [-0.15, -0.1) is 0 Å². The number of fused-ring (bicyclic) bond motifs is 4. The van der Waals surface area contributed by atoms with Crippen molar-refractivity contribution < 1.29 is 66.5 Å². The molecule has 2 heterocycles. The molecule has 18 heteroatoms. The van der Waals surface area contributed by atoms with Crippen LogP contribution >= 0.6 is 23.2 Å². The van der Waals surface area contributed by atoms with Crippen LogP contribution < -0.4 is 58.1 Å². The number of carbonyl (C=O) groups is 4. The minimum absolute atomic E-state index is 0.0115. The molecule has 0 N–H and O–H groups in total. The van der Waals surface area contributed by atoms with E-state index in [9.17, 15) is 19.2 Å². The zero-order chi connectivity index (χ0) is 47.6. The van der Waals surface area contributed by atoms with Crippen LogP contribution in [0.5, 0.6) is 69.0 Å². The van der Waals surface area contributed by atoms with Crippen molar-refractivity contribution in [2.45, 2.75) is 0 Å². The number of benzene rings is 7. The predicted molar refractivity (Wildman–Crippen MR) is 243 cm³/mol.